The fraction of sp³-hybridized carbons (Fsp3) is 0.500. The quantitative estimate of drug-likeness (QED) is 0.851. The zero-order chi connectivity index (χ0) is 17.9. The highest BCUT2D eigenvalue weighted by molar-refractivity contribution is 5.73. The highest BCUT2D eigenvalue weighted by Gasteiger charge is 2.28. The first-order valence-electron chi connectivity index (χ1n) is 9.50. The van der Waals surface area contributed by atoms with Crippen molar-refractivity contribution >= 4 is 11.9 Å². The second-order valence-electron chi connectivity index (χ2n) is 7.21. The van der Waals surface area contributed by atoms with Crippen LogP contribution < -0.4 is 4.90 Å². The summed E-state index contributed by atoms with van der Waals surface area (Å²) in [6.07, 6.45) is 10.0. The maximum Gasteiger partial charge on any atom is 0.225 e. The van der Waals surface area contributed by atoms with Gasteiger partial charge in [-0.1, -0.05) is 6.07 Å². The second kappa shape index (κ2) is 7.40. The molecule has 0 aliphatic carbocycles. The second-order valence-corrected chi connectivity index (χ2v) is 7.21. The van der Waals surface area contributed by atoms with E-state index in [4.69, 9.17) is 4.98 Å². The Morgan fingerprint density at radius 1 is 1.15 bits per heavy atom. The Labute approximate surface area is 154 Å². The van der Waals surface area contributed by atoms with Gasteiger partial charge in [0.2, 0.25) is 11.9 Å². The van der Waals surface area contributed by atoms with Gasteiger partial charge in [0, 0.05) is 68.7 Å². The normalized spacial score (nSPS) is 20.4. The number of nitrogens with zero attached hydrogens (tertiary/aromatic N) is 5. The maximum atomic E-state index is 11.9. The van der Waals surface area contributed by atoms with E-state index in [0.717, 1.165) is 61.8 Å². The van der Waals surface area contributed by atoms with Gasteiger partial charge >= 0.3 is 0 Å². The van der Waals surface area contributed by atoms with Crippen molar-refractivity contribution in [1.29, 1.82) is 0 Å². The highest BCUT2D eigenvalue weighted by Crippen LogP contribution is 2.34. The molecule has 136 valence electrons. The van der Waals surface area contributed by atoms with Crippen LogP contribution in [0.25, 0.3) is 11.1 Å². The van der Waals surface area contributed by atoms with Crippen molar-refractivity contribution < 1.29 is 4.79 Å². The van der Waals surface area contributed by atoms with Gasteiger partial charge in [-0.3, -0.25) is 9.78 Å². The van der Waals surface area contributed by atoms with Crippen LogP contribution in [0.4, 0.5) is 5.95 Å². The maximum absolute atomic E-state index is 11.9. The van der Waals surface area contributed by atoms with Gasteiger partial charge in [-0.25, -0.2) is 9.97 Å². The molecule has 0 bridgehead atoms. The van der Waals surface area contributed by atoms with E-state index < -0.39 is 0 Å². The van der Waals surface area contributed by atoms with Crippen LogP contribution >= 0.6 is 0 Å². The van der Waals surface area contributed by atoms with Crippen LogP contribution in [0.2, 0.25) is 0 Å². The van der Waals surface area contributed by atoms with Crippen molar-refractivity contribution in [2.24, 2.45) is 0 Å². The monoisotopic (exact) mass is 351 g/mol. The predicted octanol–water partition coefficient (Wildman–Crippen LogP) is 2.86. The minimum Gasteiger partial charge on any atom is -0.342 e. The van der Waals surface area contributed by atoms with Crippen LogP contribution in [0.15, 0.2) is 30.7 Å². The van der Waals surface area contributed by atoms with E-state index in [1.54, 1.807) is 13.1 Å². The molecule has 0 aromatic carbocycles. The summed E-state index contributed by atoms with van der Waals surface area (Å²) in [5.41, 5.74) is 3.13. The van der Waals surface area contributed by atoms with Crippen LogP contribution in [0, 0.1) is 0 Å². The van der Waals surface area contributed by atoms with Crippen LogP contribution in [0.3, 0.4) is 0 Å². The van der Waals surface area contributed by atoms with Gasteiger partial charge < -0.3 is 9.80 Å². The van der Waals surface area contributed by atoms with Crippen molar-refractivity contribution in [2.45, 2.75) is 38.5 Å². The molecule has 2 fully saturated rings. The van der Waals surface area contributed by atoms with Gasteiger partial charge in [0.1, 0.15) is 0 Å². The molecule has 2 aliphatic heterocycles. The third-order valence-corrected chi connectivity index (χ3v) is 5.42. The molecule has 4 rings (SSSR count). The molecule has 0 N–H and O–H groups in total. The number of rotatable bonds is 3. The average molecular weight is 351 g/mol. The molecule has 2 aliphatic rings. The third kappa shape index (κ3) is 3.41. The van der Waals surface area contributed by atoms with Crippen molar-refractivity contribution in [2.75, 3.05) is 31.1 Å². The fourth-order valence-electron chi connectivity index (χ4n) is 4.00. The number of piperidine rings is 1. The van der Waals surface area contributed by atoms with E-state index in [0.29, 0.717) is 0 Å². The van der Waals surface area contributed by atoms with E-state index >= 15 is 0 Å². The minimum atomic E-state index is 0.145. The van der Waals surface area contributed by atoms with Crippen molar-refractivity contribution in [1.82, 2.24) is 19.9 Å². The number of carbonyl (C=O) groups is 1. The number of anilines is 1. The van der Waals surface area contributed by atoms with Gasteiger partial charge in [0.05, 0.1) is 5.69 Å². The van der Waals surface area contributed by atoms with Gasteiger partial charge in [-0.05, 0) is 31.7 Å². The summed E-state index contributed by atoms with van der Waals surface area (Å²) in [7, 11) is 0. The lowest BCUT2D eigenvalue weighted by atomic mass is 9.90. The molecule has 26 heavy (non-hydrogen) atoms. The molecule has 6 nitrogen and oxygen atoms in total. The summed E-state index contributed by atoms with van der Waals surface area (Å²) in [6, 6.07) is 3.99. The Kier molecular flexibility index (Phi) is 4.82. The van der Waals surface area contributed by atoms with Crippen LogP contribution in [0.5, 0.6) is 0 Å². The molecule has 1 atom stereocenters. The summed E-state index contributed by atoms with van der Waals surface area (Å²) in [4.78, 5) is 30.0. The van der Waals surface area contributed by atoms with Crippen molar-refractivity contribution in [3.05, 3.63) is 36.4 Å². The molecule has 2 saturated heterocycles. The third-order valence-electron chi connectivity index (χ3n) is 5.42. The summed E-state index contributed by atoms with van der Waals surface area (Å²) >= 11 is 0. The zero-order valence-corrected chi connectivity index (χ0v) is 15.3. The lowest BCUT2D eigenvalue weighted by Crippen LogP contribution is -2.38. The van der Waals surface area contributed by atoms with E-state index in [1.165, 1.54) is 12.8 Å². The number of hydrogen-bond donors (Lipinski definition) is 0. The summed E-state index contributed by atoms with van der Waals surface area (Å²) in [5.74, 6) is 1.21. The van der Waals surface area contributed by atoms with Crippen LogP contribution in [0.1, 0.15) is 44.2 Å². The summed E-state index contributed by atoms with van der Waals surface area (Å²) < 4.78 is 0. The molecular formula is C20H25N5O. The first kappa shape index (κ1) is 16.9. The lowest BCUT2D eigenvalue weighted by Gasteiger charge is -2.33. The molecule has 0 spiro atoms. The van der Waals surface area contributed by atoms with Crippen LogP contribution in [-0.4, -0.2) is 51.9 Å². The number of hydrogen-bond acceptors (Lipinski definition) is 5. The molecule has 1 amide bonds. The first-order chi connectivity index (χ1) is 12.7. The molecule has 0 unspecified atom stereocenters. The number of pyridine rings is 1. The molecule has 6 heteroatoms. The van der Waals surface area contributed by atoms with E-state index in [9.17, 15) is 4.79 Å². The molecule has 0 radical (unpaired) electrons. The number of aromatic nitrogens is 3. The molecule has 0 saturated carbocycles. The zero-order valence-electron chi connectivity index (χ0n) is 15.3. The molecule has 2 aromatic rings. The minimum absolute atomic E-state index is 0.145. The smallest absolute Gasteiger partial charge is 0.225 e. The van der Waals surface area contributed by atoms with Crippen LogP contribution in [-0.2, 0) is 4.79 Å². The molecule has 4 heterocycles. The average Bonchev–Trinajstić information content (AvgIpc) is 3.23. The Morgan fingerprint density at radius 2 is 2.00 bits per heavy atom. The fourth-order valence-corrected chi connectivity index (χ4v) is 4.00. The standard InChI is InChI=1S/C20H25N5O/c1-15(26)25-11-5-7-17(14-25)19-18(16-6-4-8-21-12-16)13-22-20(23-19)24-9-2-3-10-24/h4,6,8,12-13,17H,2-3,5,7,9-11,14H2,1H3/t17-/m1/s1. The topological polar surface area (TPSA) is 62.2 Å². The lowest BCUT2D eigenvalue weighted by molar-refractivity contribution is -0.130. The van der Waals surface area contributed by atoms with E-state index in [2.05, 4.69) is 20.9 Å². The number of likely N-dealkylation sites (tertiary alicyclic amines) is 1. The Morgan fingerprint density at radius 3 is 2.73 bits per heavy atom. The predicted molar refractivity (Wildman–Crippen MR) is 101 cm³/mol. The Hall–Kier alpha value is -2.50. The van der Waals surface area contributed by atoms with Crippen molar-refractivity contribution in [3.63, 3.8) is 0 Å². The number of carbonyl (C=O) groups excluding carboxylic acids is 1. The van der Waals surface area contributed by atoms with Gasteiger partial charge in [-0.2, -0.15) is 0 Å². The van der Waals surface area contributed by atoms with E-state index in [-0.39, 0.29) is 11.8 Å². The van der Waals surface area contributed by atoms with Gasteiger partial charge in [0.25, 0.3) is 0 Å². The SMILES string of the molecule is CC(=O)N1CCC[C@@H](c2nc(N3CCCC3)ncc2-c2cccnc2)C1. The Bertz CT molecular complexity index is 773. The molecular weight excluding hydrogens is 326 g/mol. The van der Waals surface area contributed by atoms with Gasteiger partial charge in [-0.15, -0.1) is 0 Å². The first-order valence-corrected chi connectivity index (χ1v) is 9.50. The van der Waals surface area contributed by atoms with Crippen molar-refractivity contribution in [3.8, 4) is 11.1 Å². The number of amides is 1. The van der Waals surface area contributed by atoms with E-state index in [1.807, 2.05) is 23.4 Å². The largest absolute Gasteiger partial charge is 0.342 e. The Balaban J connectivity index is 1.73. The summed E-state index contributed by atoms with van der Waals surface area (Å²) in [6.45, 7) is 5.28. The van der Waals surface area contributed by atoms with Gasteiger partial charge in [0.15, 0.2) is 0 Å². The summed E-state index contributed by atoms with van der Waals surface area (Å²) in [5, 5.41) is 0. The highest BCUT2D eigenvalue weighted by atomic mass is 16.2. The molecule has 2 aromatic heterocycles.